The zero-order valence-electron chi connectivity index (χ0n) is 11.7. The van der Waals surface area contributed by atoms with Crippen molar-refractivity contribution in [1.82, 2.24) is 0 Å². The van der Waals surface area contributed by atoms with Crippen LogP contribution >= 0.6 is 0 Å². The molecular formula is C16H22O3. The molecule has 0 aliphatic heterocycles. The average molecular weight is 262 g/mol. The van der Waals surface area contributed by atoms with Gasteiger partial charge in [0.05, 0.1) is 13.2 Å². The molecule has 104 valence electrons. The summed E-state index contributed by atoms with van der Waals surface area (Å²) in [6.07, 6.45) is 6.99. The highest BCUT2D eigenvalue weighted by molar-refractivity contribution is 5.76. The first kappa shape index (κ1) is 13.9. The highest BCUT2D eigenvalue weighted by atomic mass is 16.5. The molecule has 0 radical (unpaired) electrons. The van der Waals surface area contributed by atoms with E-state index in [0.29, 0.717) is 17.1 Å². The molecule has 1 aliphatic rings. The molecule has 0 spiro atoms. The summed E-state index contributed by atoms with van der Waals surface area (Å²) >= 11 is 0. The van der Waals surface area contributed by atoms with E-state index in [-0.39, 0.29) is 6.10 Å². The van der Waals surface area contributed by atoms with Crippen LogP contribution in [0, 0.1) is 5.92 Å². The van der Waals surface area contributed by atoms with Crippen molar-refractivity contribution >= 4 is 6.29 Å². The van der Waals surface area contributed by atoms with Gasteiger partial charge in [-0.15, -0.1) is 0 Å². The summed E-state index contributed by atoms with van der Waals surface area (Å²) in [7, 11) is 1.62. The van der Waals surface area contributed by atoms with Crippen molar-refractivity contribution in [1.29, 1.82) is 0 Å². The minimum atomic E-state index is 0.249. The van der Waals surface area contributed by atoms with E-state index in [1.807, 2.05) is 0 Å². The molecule has 2 rings (SSSR count). The van der Waals surface area contributed by atoms with E-state index in [1.165, 1.54) is 19.3 Å². The third-order valence-corrected chi connectivity index (χ3v) is 3.99. The Hall–Kier alpha value is -1.51. The van der Waals surface area contributed by atoms with Crippen LogP contribution in [0.4, 0.5) is 0 Å². The van der Waals surface area contributed by atoms with E-state index >= 15 is 0 Å². The van der Waals surface area contributed by atoms with Crippen LogP contribution < -0.4 is 9.47 Å². The number of aldehydes is 1. The molecule has 0 unspecified atom stereocenters. The number of carbonyl (C=O) groups excluding carboxylic acids is 1. The van der Waals surface area contributed by atoms with Crippen molar-refractivity contribution in [3.8, 4) is 11.5 Å². The normalized spacial score (nSPS) is 22.8. The van der Waals surface area contributed by atoms with Gasteiger partial charge in [-0.25, -0.2) is 0 Å². The molecule has 19 heavy (non-hydrogen) atoms. The summed E-state index contributed by atoms with van der Waals surface area (Å²) in [5, 5.41) is 0. The SMILES string of the molecule is CCC1CCC(Oc2cc(C=O)ccc2OC)CC1. The van der Waals surface area contributed by atoms with Crippen LogP contribution in [0.15, 0.2) is 18.2 Å². The lowest BCUT2D eigenvalue weighted by Crippen LogP contribution is -2.24. The van der Waals surface area contributed by atoms with E-state index in [4.69, 9.17) is 9.47 Å². The van der Waals surface area contributed by atoms with E-state index < -0.39 is 0 Å². The zero-order chi connectivity index (χ0) is 13.7. The lowest BCUT2D eigenvalue weighted by Gasteiger charge is -2.28. The molecule has 3 heteroatoms. The molecule has 0 N–H and O–H groups in total. The molecule has 1 aliphatic carbocycles. The largest absolute Gasteiger partial charge is 0.493 e. The first-order valence-corrected chi connectivity index (χ1v) is 7.06. The lowest BCUT2D eigenvalue weighted by atomic mass is 9.86. The second-order valence-corrected chi connectivity index (χ2v) is 5.20. The Morgan fingerprint density at radius 3 is 2.53 bits per heavy atom. The molecule has 0 bridgehead atoms. The number of methoxy groups -OCH3 is 1. The van der Waals surface area contributed by atoms with Gasteiger partial charge in [-0.3, -0.25) is 4.79 Å². The number of ether oxygens (including phenoxy) is 2. The number of benzene rings is 1. The first-order valence-electron chi connectivity index (χ1n) is 7.06. The minimum absolute atomic E-state index is 0.249. The van der Waals surface area contributed by atoms with E-state index in [1.54, 1.807) is 25.3 Å². The quantitative estimate of drug-likeness (QED) is 0.756. The van der Waals surface area contributed by atoms with Gasteiger partial charge in [0.1, 0.15) is 6.29 Å². The molecule has 0 aromatic heterocycles. The predicted molar refractivity (Wildman–Crippen MR) is 75.0 cm³/mol. The fourth-order valence-corrected chi connectivity index (χ4v) is 2.70. The molecule has 1 saturated carbocycles. The van der Waals surface area contributed by atoms with Gasteiger partial charge in [0.15, 0.2) is 11.5 Å². The highest BCUT2D eigenvalue weighted by Gasteiger charge is 2.22. The lowest BCUT2D eigenvalue weighted by molar-refractivity contribution is 0.111. The summed E-state index contributed by atoms with van der Waals surface area (Å²) < 4.78 is 11.3. The smallest absolute Gasteiger partial charge is 0.162 e. The van der Waals surface area contributed by atoms with Crippen LogP contribution in [0.1, 0.15) is 49.4 Å². The molecule has 1 aromatic carbocycles. The van der Waals surface area contributed by atoms with Gasteiger partial charge >= 0.3 is 0 Å². The number of carbonyl (C=O) groups is 1. The Morgan fingerprint density at radius 2 is 1.95 bits per heavy atom. The van der Waals surface area contributed by atoms with Crippen LogP contribution in [-0.4, -0.2) is 19.5 Å². The molecule has 0 atom stereocenters. The average Bonchev–Trinajstić information content (AvgIpc) is 2.48. The van der Waals surface area contributed by atoms with E-state index in [0.717, 1.165) is 25.0 Å². The highest BCUT2D eigenvalue weighted by Crippen LogP contribution is 2.33. The number of rotatable bonds is 5. The first-order chi connectivity index (χ1) is 9.26. The Labute approximate surface area is 114 Å². The summed E-state index contributed by atoms with van der Waals surface area (Å²) in [4.78, 5) is 10.8. The van der Waals surface area contributed by atoms with Gasteiger partial charge in [0.2, 0.25) is 0 Å². The van der Waals surface area contributed by atoms with Gasteiger partial charge in [0.25, 0.3) is 0 Å². The fraction of sp³-hybridized carbons (Fsp3) is 0.562. The Kier molecular flexibility index (Phi) is 4.83. The van der Waals surface area contributed by atoms with Crippen molar-refractivity contribution in [2.45, 2.75) is 45.1 Å². The summed E-state index contributed by atoms with van der Waals surface area (Å²) in [5.41, 5.74) is 0.623. The molecular weight excluding hydrogens is 240 g/mol. The number of hydrogen-bond acceptors (Lipinski definition) is 3. The Balaban J connectivity index is 2.04. The van der Waals surface area contributed by atoms with Gasteiger partial charge in [-0.05, 0) is 49.8 Å². The van der Waals surface area contributed by atoms with Crippen LogP contribution in [0.2, 0.25) is 0 Å². The predicted octanol–water partition coefficient (Wildman–Crippen LogP) is 3.86. The molecule has 0 amide bonds. The third kappa shape index (κ3) is 3.49. The number of hydrogen-bond donors (Lipinski definition) is 0. The molecule has 1 aromatic rings. The maximum atomic E-state index is 10.8. The Bertz CT molecular complexity index is 420. The van der Waals surface area contributed by atoms with Gasteiger partial charge in [0, 0.05) is 5.56 Å². The van der Waals surface area contributed by atoms with E-state index in [2.05, 4.69) is 6.92 Å². The second-order valence-electron chi connectivity index (χ2n) is 5.20. The van der Waals surface area contributed by atoms with Crippen LogP contribution in [-0.2, 0) is 0 Å². The summed E-state index contributed by atoms with van der Waals surface area (Å²) in [5.74, 6) is 2.23. The van der Waals surface area contributed by atoms with E-state index in [9.17, 15) is 4.79 Å². The van der Waals surface area contributed by atoms with Crippen molar-refractivity contribution in [2.75, 3.05) is 7.11 Å². The second kappa shape index (κ2) is 6.60. The summed E-state index contributed by atoms with van der Waals surface area (Å²) in [6, 6.07) is 5.29. The topological polar surface area (TPSA) is 35.5 Å². The van der Waals surface area contributed by atoms with Crippen molar-refractivity contribution in [3.63, 3.8) is 0 Å². The maximum absolute atomic E-state index is 10.8. The minimum Gasteiger partial charge on any atom is -0.493 e. The van der Waals surface area contributed by atoms with Crippen LogP contribution in [0.5, 0.6) is 11.5 Å². The monoisotopic (exact) mass is 262 g/mol. The molecule has 0 heterocycles. The summed E-state index contributed by atoms with van der Waals surface area (Å²) in [6.45, 7) is 2.25. The molecule has 1 fully saturated rings. The van der Waals surface area contributed by atoms with Crippen molar-refractivity contribution < 1.29 is 14.3 Å². The van der Waals surface area contributed by atoms with Crippen LogP contribution in [0.25, 0.3) is 0 Å². The maximum Gasteiger partial charge on any atom is 0.162 e. The van der Waals surface area contributed by atoms with Crippen molar-refractivity contribution in [3.05, 3.63) is 23.8 Å². The van der Waals surface area contributed by atoms with Gasteiger partial charge in [-0.2, -0.15) is 0 Å². The zero-order valence-corrected chi connectivity index (χ0v) is 11.7. The molecule has 3 nitrogen and oxygen atoms in total. The standard InChI is InChI=1S/C16H22O3/c1-3-12-4-7-14(8-5-12)19-16-10-13(11-17)6-9-15(16)18-2/h6,9-12,14H,3-5,7-8H2,1-2H3. The third-order valence-electron chi connectivity index (χ3n) is 3.99. The molecule has 0 saturated heterocycles. The fourth-order valence-electron chi connectivity index (χ4n) is 2.70. The van der Waals surface area contributed by atoms with Gasteiger partial charge in [-0.1, -0.05) is 13.3 Å². The van der Waals surface area contributed by atoms with Crippen LogP contribution in [0.3, 0.4) is 0 Å². The van der Waals surface area contributed by atoms with Gasteiger partial charge < -0.3 is 9.47 Å². The van der Waals surface area contributed by atoms with Crippen molar-refractivity contribution in [2.24, 2.45) is 5.92 Å². The Morgan fingerprint density at radius 1 is 1.21 bits per heavy atom.